The third-order valence-corrected chi connectivity index (χ3v) is 7.28. The van der Waals surface area contributed by atoms with Crippen LogP contribution < -0.4 is 5.32 Å². The van der Waals surface area contributed by atoms with Gasteiger partial charge < -0.3 is 15.2 Å². The lowest BCUT2D eigenvalue weighted by Gasteiger charge is -2.31. The van der Waals surface area contributed by atoms with Crippen LogP contribution in [-0.4, -0.2) is 52.8 Å². The van der Waals surface area contributed by atoms with Crippen LogP contribution in [0, 0.1) is 0 Å². The molecule has 1 aromatic heterocycles. The van der Waals surface area contributed by atoms with Gasteiger partial charge in [0.1, 0.15) is 11.9 Å². The summed E-state index contributed by atoms with van der Waals surface area (Å²) in [7, 11) is 0. The number of rotatable bonds is 6. The number of nitrogens with zero attached hydrogens (tertiary/aromatic N) is 2. The molecule has 2 aromatic rings. The highest BCUT2D eigenvalue weighted by molar-refractivity contribution is 5.75. The number of aliphatic carboxylic acids is 1. The van der Waals surface area contributed by atoms with Gasteiger partial charge in [0, 0.05) is 31.2 Å². The van der Waals surface area contributed by atoms with Crippen LogP contribution in [0.5, 0.6) is 0 Å². The van der Waals surface area contributed by atoms with Gasteiger partial charge in [-0.3, -0.25) is 9.69 Å². The van der Waals surface area contributed by atoms with Gasteiger partial charge >= 0.3 is 5.97 Å². The molecule has 0 spiro atoms. The standard InChI is InChI=1S/C26H33N3O3/c30-26(31)24(19-5-2-1-3-6-19)29-16-14-22(17-29)32-21-11-8-18(9-12-21)23-13-10-20-7-4-15-27-25(20)28-23/h1-3,5-6,10,13,18,21-22,24H,4,7-9,11-12,14-17H2,(H,27,28)(H,30,31)/t18-,21-,22-,24?/m1/s1. The third kappa shape index (κ3) is 4.66. The van der Waals surface area contributed by atoms with Crippen molar-refractivity contribution in [1.29, 1.82) is 0 Å². The Hall–Kier alpha value is -2.44. The van der Waals surface area contributed by atoms with Crippen molar-refractivity contribution in [2.75, 3.05) is 25.0 Å². The van der Waals surface area contributed by atoms with E-state index in [4.69, 9.17) is 9.72 Å². The van der Waals surface area contributed by atoms with Crippen LogP contribution >= 0.6 is 0 Å². The summed E-state index contributed by atoms with van der Waals surface area (Å²) in [5.41, 5.74) is 3.40. The average Bonchev–Trinajstić information content (AvgIpc) is 3.27. The van der Waals surface area contributed by atoms with E-state index in [-0.39, 0.29) is 12.2 Å². The number of benzene rings is 1. The molecule has 6 nitrogen and oxygen atoms in total. The van der Waals surface area contributed by atoms with Crippen molar-refractivity contribution < 1.29 is 14.6 Å². The fourth-order valence-electron chi connectivity index (χ4n) is 5.58. The Morgan fingerprint density at radius 2 is 1.88 bits per heavy atom. The summed E-state index contributed by atoms with van der Waals surface area (Å²) < 4.78 is 6.46. The maximum Gasteiger partial charge on any atom is 0.325 e. The number of carboxylic acid groups (broad SMARTS) is 1. The second kappa shape index (κ2) is 9.59. The van der Waals surface area contributed by atoms with Crippen molar-refractivity contribution in [1.82, 2.24) is 9.88 Å². The number of carbonyl (C=O) groups is 1. The second-order valence-corrected chi connectivity index (χ2v) is 9.44. The molecule has 1 saturated carbocycles. The van der Waals surface area contributed by atoms with E-state index in [9.17, 15) is 9.90 Å². The third-order valence-electron chi connectivity index (χ3n) is 7.28. The summed E-state index contributed by atoms with van der Waals surface area (Å²) in [6.45, 7) is 2.47. The number of hydrogen-bond acceptors (Lipinski definition) is 5. The molecule has 0 radical (unpaired) electrons. The van der Waals surface area contributed by atoms with Gasteiger partial charge in [-0.25, -0.2) is 4.98 Å². The minimum Gasteiger partial charge on any atom is -0.480 e. The van der Waals surface area contributed by atoms with Gasteiger partial charge in [0.25, 0.3) is 0 Å². The van der Waals surface area contributed by atoms with Crippen LogP contribution in [-0.2, 0) is 16.0 Å². The number of nitrogens with one attached hydrogen (secondary N) is 1. The zero-order chi connectivity index (χ0) is 21.9. The maximum absolute atomic E-state index is 12.0. The minimum atomic E-state index is -0.788. The number of fused-ring (bicyclic) bond motifs is 1. The molecule has 3 aliphatic rings. The van der Waals surface area contributed by atoms with Crippen LogP contribution in [0.2, 0.25) is 0 Å². The molecule has 0 amide bonds. The first-order valence-corrected chi connectivity index (χ1v) is 12.1. The summed E-state index contributed by atoms with van der Waals surface area (Å²) in [5, 5.41) is 13.3. The van der Waals surface area contributed by atoms with Crippen LogP contribution in [0.4, 0.5) is 5.82 Å². The Bertz CT molecular complexity index is 927. The first-order valence-electron chi connectivity index (χ1n) is 12.1. The van der Waals surface area contributed by atoms with Crippen LogP contribution in [0.1, 0.15) is 67.3 Å². The molecule has 0 bridgehead atoms. The van der Waals surface area contributed by atoms with Crippen LogP contribution in [0.3, 0.4) is 0 Å². The van der Waals surface area contributed by atoms with E-state index in [2.05, 4.69) is 22.3 Å². The molecular formula is C26H33N3O3. The summed E-state index contributed by atoms with van der Waals surface area (Å²) in [6.07, 6.45) is 7.91. The van der Waals surface area contributed by atoms with E-state index in [1.807, 2.05) is 30.3 Å². The van der Waals surface area contributed by atoms with E-state index in [0.717, 1.165) is 63.0 Å². The molecule has 170 valence electrons. The minimum absolute atomic E-state index is 0.119. The summed E-state index contributed by atoms with van der Waals surface area (Å²) in [4.78, 5) is 18.9. The first kappa shape index (κ1) is 21.4. The highest BCUT2D eigenvalue weighted by Gasteiger charge is 2.35. The number of pyridine rings is 1. The van der Waals surface area contributed by atoms with Crippen molar-refractivity contribution in [2.24, 2.45) is 0 Å². The molecular weight excluding hydrogens is 402 g/mol. The highest BCUT2D eigenvalue weighted by Crippen LogP contribution is 2.36. The molecule has 2 aliphatic heterocycles. The van der Waals surface area contributed by atoms with Crippen molar-refractivity contribution >= 4 is 11.8 Å². The fourth-order valence-corrected chi connectivity index (χ4v) is 5.58. The van der Waals surface area contributed by atoms with Gasteiger partial charge in [0.2, 0.25) is 0 Å². The van der Waals surface area contributed by atoms with Crippen molar-refractivity contribution in [3.8, 4) is 0 Å². The number of ether oxygens (including phenoxy) is 1. The van der Waals surface area contributed by atoms with Gasteiger partial charge in [-0.15, -0.1) is 0 Å². The molecule has 1 aliphatic carbocycles. The Kier molecular flexibility index (Phi) is 6.42. The highest BCUT2D eigenvalue weighted by atomic mass is 16.5. The van der Waals surface area contributed by atoms with Gasteiger partial charge in [-0.05, 0) is 62.1 Å². The Labute approximate surface area is 190 Å². The fraction of sp³-hybridized carbons (Fsp3) is 0.538. The maximum atomic E-state index is 12.0. The lowest BCUT2D eigenvalue weighted by atomic mass is 9.84. The smallest absolute Gasteiger partial charge is 0.325 e. The monoisotopic (exact) mass is 435 g/mol. The largest absolute Gasteiger partial charge is 0.480 e. The van der Waals surface area contributed by atoms with E-state index in [1.165, 1.54) is 17.7 Å². The van der Waals surface area contributed by atoms with Gasteiger partial charge in [0.05, 0.1) is 12.2 Å². The Balaban J connectivity index is 1.14. The van der Waals surface area contributed by atoms with Gasteiger partial charge in [0.15, 0.2) is 0 Å². The molecule has 1 aromatic carbocycles. The molecule has 32 heavy (non-hydrogen) atoms. The molecule has 6 heteroatoms. The number of likely N-dealkylation sites (tertiary alicyclic amines) is 1. The summed E-state index contributed by atoms with van der Waals surface area (Å²) in [5.74, 6) is 0.812. The molecule has 3 heterocycles. The second-order valence-electron chi connectivity index (χ2n) is 9.44. The first-order chi connectivity index (χ1) is 15.7. The number of anilines is 1. The van der Waals surface area contributed by atoms with Crippen molar-refractivity contribution in [2.45, 2.75) is 69.1 Å². The Morgan fingerprint density at radius 3 is 2.66 bits per heavy atom. The lowest BCUT2D eigenvalue weighted by molar-refractivity contribution is -0.143. The van der Waals surface area contributed by atoms with E-state index < -0.39 is 12.0 Å². The topological polar surface area (TPSA) is 74.7 Å². The predicted molar refractivity (Wildman–Crippen MR) is 124 cm³/mol. The van der Waals surface area contributed by atoms with Crippen molar-refractivity contribution in [3.05, 3.63) is 59.3 Å². The molecule has 2 N–H and O–H groups in total. The number of aryl methyl sites for hydroxylation is 1. The van der Waals surface area contributed by atoms with Crippen LogP contribution in [0.15, 0.2) is 42.5 Å². The number of aromatic nitrogens is 1. The zero-order valence-corrected chi connectivity index (χ0v) is 18.6. The van der Waals surface area contributed by atoms with Gasteiger partial charge in [-0.1, -0.05) is 36.4 Å². The molecule has 2 atom stereocenters. The lowest BCUT2D eigenvalue weighted by Crippen LogP contribution is -2.34. The predicted octanol–water partition coefficient (Wildman–Crippen LogP) is 4.38. The Morgan fingerprint density at radius 1 is 1.06 bits per heavy atom. The van der Waals surface area contributed by atoms with E-state index in [0.29, 0.717) is 12.5 Å². The van der Waals surface area contributed by atoms with E-state index >= 15 is 0 Å². The average molecular weight is 436 g/mol. The van der Waals surface area contributed by atoms with Gasteiger partial charge in [-0.2, -0.15) is 0 Å². The molecule has 1 unspecified atom stereocenters. The molecule has 5 rings (SSSR count). The normalized spacial score (nSPS) is 26.8. The molecule has 1 saturated heterocycles. The van der Waals surface area contributed by atoms with Crippen molar-refractivity contribution in [3.63, 3.8) is 0 Å². The summed E-state index contributed by atoms with van der Waals surface area (Å²) in [6, 6.07) is 13.4. The quantitative estimate of drug-likeness (QED) is 0.701. The zero-order valence-electron chi connectivity index (χ0n) is 18.6. The number of carboxylic acids is 1. The van der Waals surface area contributed by atoms with E-state index in [1.54, 1.807) is 0 Å². The summed E-state index contributed by atoms with van der Waals surface area (Å²) >= 11 is 0. The van der Waals surface area contributed by atoms with Crippen LogP contribution in [0.25, 0.3) is 0 Å². The SMILES string of the molecule is O=C(O)C(c1ccccc1)N1CC[C@@H](O[C@H]2CC[C@H](c3ccc4c(n3)NCCC4)CC2)C1. The molecule has 2 fully saturated rings. The number of hydrogen-bond donors (Lipinski definition) is 2.